The largest absolute Gasteiger partial charge is 0.485 e. The molecule has 2 aromatic heterocycles. The van der Waals surface area contributed by atoms with Gasteiger partial charge < -0.3 is 14.8 Å². The molecule has 2 aromatic carbocycles. The summed E-state index contributed by atoms with van der Waals surface area (Å²) in [5, 5.41) is 13.9. The fourth-order valence-corrected chi connectivity index (χ4v) is 5.50. The average Bonchev–Trinajstić information content (AvgIpc) is 3.52. The van der Waals surface area contributed by atoms with Gasteiger partial charge in [-0.2, -0.15) is 0 Å². The van der Waals surface area contributed by atoms with Crippen molar-refractivity contribution in [1.29, 1.82) is 0 Å². The van der Waals surface area contributed by atoms with Gasteiger partial charge in [-0.05, 0) is 48.7 Å². The summed E-state index contributed by atoms with van der Waals surface area (Å²) in [5.74, 6) is 0.0838. The Hall–Kier alpha value is -3.96. The maximum atomic E-state index is 13.4. The molecule has 11 heteroatoms. The second-order valence-electron chi connectivity index (χ2n) is 8.47. The first-order chi connectivity index (χ1) is 18.8. The third-order valence-corrected chi connectivity index (χ3v) is 7.80. The highest BCUT2D eigenvalue weighted by atomic mass is 32.2. The van der Waals surface area contributed by atoms with E-state index in [0.717, 1.165) is 16.9 Å². The third kappa shape index (κ3) is 6.55. The predicted molar refractivity (Wildman–Crippen MR) is 151 cm³/mol. The van der Waals surface area contributed by atoms with Gasteiger partial charge in [0.15, 0.2) is 11.0 Å². The van der Waals surface area contributed by atoms with Crippen LogP contribution in [-0.4, -0.2) is 39.5 Å². The van der Waals surface area contributed by atoms with Gasteiger partial charge in [-0.3, -0.25) is 9.36 Å². The number of aromatic nitrogens is 3. The lowest BCUT2D eigenvalue weighted by molar-refractivity contribution is -0.113. The number of nitrogens with one attached hydrogen (secondary N) is 1. The topological polar surface area (TPSA) is 95.3 Å². The Morgan fingerprint density at radius 2 is 1.95 bits per heavy atom. The van der Waals surface area contributed by atoms with Crippen molar-refractivity contribution in [2.75, 3.05) is 18.2 Å². The Morgan fingerprint density at radius 3 is 2.67 bits per heavy atom. The third-order valence-electron chi connectivity index (χ3n) is 5.94. The SMILES string of the molecule is C=CCn1c(COc2cccc(C)c2C)nnc1SCC(=O)Nc1scc(-c2ccc(F)cc2)c1C(=O)OC. The molecule has 1 N–H and O–H groups in total. The number of aryl methyl sites for hydroxylation is 1. The fourth-order valence-electron chi connectivity index (χ4n) is 3.76. The van der Waals surface area contributed by atoms with E-state index in [-0.39, 0.29) is 29.6 Å². The van der Waals surface area contributed by atoms with Crippen LogP contribution in [0.15, 0.2) is 65.7 Å². The zero-order valence-corrected chi connectivity index (χ0v) is 23.3. The molecule has 0 fully saturated rings. The number of benzene rings is 2. The standard InChI is InChI=1S/C28H27FN4O4S2/c1-5-13-33-23(14-37-22-8-6-7-17(2)18(22)3)31-32-28(33)39-16-24(34)30-26-25(27(35)36-4)21(15-38-26)19-9-11-20(29)12-10-19/h5-12,15H,1,13-14,16H2,2-4H3,(H,30,34). The second-order valence-corrected chi connectivity index (χ2v) is 10.3. The number of hydrogen-bond acceptors (Lipinski definition) is 8. The van der Waals surface area contributed by atoms with Gasteiger partial charge in [-0.25, -0.2) is 9.18 Å². The summed E-state index contributed by atoms with van der Waals surface area (Å²) in [6.45, 7) is 8.49. The van der Waals surface area contributed by atoms with E-state index >= 15 is 0 Å². The Morgan fingerprint density at radius 1 is 1.18 bits per heavy atom. The number of methoxy groups -OCH3 is 1. The Bertz CT molecular complexity index is 1500. The number of thiophene rings is 1. The summed E-state index contributed by atoms with van der Waals surface area (Å²) >= 11 is 2.40. The number of ether oxygens (including phenoxy) is 2. The van der Waals surface area contributed by atoms with Crippen LogP contribution in [0.25, 0.3) is 11.1 Å². The number of rotatable bonds is 11. The Labute approximate surface area is 233 Å². The van der Waals surface area contributed by atoms with Gasteiger partial charge in [0.2, 0.25) is 5.91 Å². The number of nitrogens with zero attached hydrogens (tertiary/aromatic N) is 3. The van der Waals surface area contributed by atoms with Crippen LogP contribution in [0.3, 0.4) is 0 Å². The molecule has 2 heterocycles. The number of carbonyl (C=O) groups excluding carboxylic acids is 2. The zero-order chi connectivity index (χ0) is 27.9. The number of anilines is 1. The minimum atomic E-state index is -0.599. The van der Waals surface area contributed by atoms with Crippen molar-refractivity contribution in [3.05, 3.63) is 88.8 Å². The van der Waals surface area contributed by atoms with Crippen LogP contribution in [0.4, 0.5) is 9.39 Å². The van der Waals surface area contributed by atoms with Gasteiger partial charge in [-0.1, -0.05) is 42.1 Å². The second kappa shape index (κ2) is 12.7. The zero-order valence-electron chi connectivity index (χ0n) is 21.7. The molecule has 8 nitrogen and oxygen atoms in total. The molecule has 0 aliphatic heterocycles. The van der Waals surface area contributed by atoms with Crippen molar-refractivity contribution in [3.8, 4) is 16.9 Å². The molecule has 0 radical (unpaired) electrons. The van der Waals surface area contributed by atoms with Crippen molar-refractivity contribution < 1.29 is 23.5 Å². The average molecular weight is 567 g/mol. The van der Waals surface area contributed by atoms with E-state index in [1.165, 1.54) is 42.3 Å². The summed E-state index contributed by atoms with van der Waals surface area (Å²) in [4.78, 5) is 25.4. The normalized spacial score (nSPS) is 10.8. The quantitative estimate of drug-likeness (QED) is 0.134. The molecular weight excluding hydrogens is 539 g/mol. The van der Waals surface area contributed by atoms with Gasteiger partial charge >= 0.3 is 5.97 Å². The van der Waals surface area contributed by atoms with Gasteiger partial charge in [0.1, 0.15) is 28.7 Å². The lowest BCUT2D eigenvalue weighted by Crippen LogP contribution is -2.16. The van der Waals surface area contributed by atoms with Crippen LogP contribution in [0, 0.1) is 19.7 Å². The van der Waals surface area contributed by atoms with Crippen molar-refractivity contribution in [2.45, 2.75) is 32.2 Å². The van der Waals surface area contributed by atoms with E-state index in [9.17, 15) is 14.0 Å². The number of allylic oxidation sites excluding steroid dienone is 1. The maximum Gasteiger partial charge on any atom is 0.341 e. The number of esters is 1. The van der Waals surface area contributed by atoms with Crippen LogP contribution >= 0.6 is 23.1 Å². The molecule has 1 amide bonds. The first-order valence-corrected chi connectivity index (χ1v) is 13.8. The van der Waals surface area contributed by atoms with E-state index < -0.39 is 5.97 Å². The molecule has 0 aliphatic carbocycles. The van der Waals surface area contributed by atoms with Gasteiger partial charge in [-0.15, -0.1) is 28.1 Å². The molecule has 0 atom stereocenters. The van der Waals surface area contributed by atoms with Gasteiger partial charge in [0.05, 0.1) is 12.9 Å². The highest BCUT2D eigenvalue weighted by molar-refractivity contribution is 7.99. The highest BCUT2D eigenvalue weighted by Crippen LogP contribution is 2.36. The Kier molecular flexibility index (Phi) is 9.15. The van der Waals surface area contributed by atoms with Crippen LogP contribution in [0.5, 0.6) is 5.75 Å². The molecule has 39 heavy (non-hydrogen) atoms. The first kappa shape index (κ1) is 28.1. The van der Waals surface area contributed by atoms with Gasteiger partial charge in [0, 0.05) is 17.5 Å². The Balaban J connectivity index is 1.45. The molecule has 0 saturated carbocycles. The summed E-state index contributed by atoms with van der Waals surface area (Å²) in [5.41, 5.74) is 3.59. The predicted octanol–water partition coefficient (Wildman–Crippen LogP) is 6.04. The number of halogens is 1. The number of hydrogen-bond donors (Lipinski definition) is 1. The van der Waals surface area contributed by atoms with Crippen molar-refractivity contribution in [1.82, 2.24) is 14.8 Å². The maximum absolute atomic E-state index is 13.4. The molecule has 0 spiro atoms. The number of amides is 1. The molecule has 202 valence electrons. The molecule has 4 rings (SSSR count). The monoisotopic (exact) mass is 566 g/mol. The molecule has 0 aliphatic rings. The molecule has 0 unspecified atom stereocenters. The van der Waals surface area contributed by atoms with Crippen molar-refractivity contribution >= 4 is 40.0 Å². The van der Waals surface area contributed by atoms with Crippen molar-refractivity contribution in [3.63, 3.8) is 0 Å². The van der Waals surface area contributed by atoms with E-state index in [4.69, 9.17) is 9.47 Å². The van der Waals surface area contributed by atoms with Crippen LogP contribution in [-0.2, 0) is 22.7 Å². The summed E-state index contributed by atoms with van der Waals surface area (Å²) in [6.07, 6.45) is 1.72. The first-order valence-electron chi connectivity index (χ1n) is 11.9. The van der Waals surface area contributed by atoms with E-state index in [1.54, 1.807) is 23.6 Å². The molecule has 4 aromatic rings. The summed E-state index contributed by atoms with van der Waals surface area (Å²) in [7, 11) is 1.27. The summed E-state index contributed by atoms with van der Waals surface area (Å²) in [6, 6.07) is 11.6. The van der Waals surface area contributed by atoms with Crippen LogP contribution in [0.1, 0.15) is 27.3 Å². The number of carbonyl (C=O) groups is 2. The lowest BCUT2D eigenvalue weighted by Gasteiger charge is -2.12. The smallest absolute Gasteiger partial charge is 0.341 e. The summed E-state index contributed by atoms with van der Waals surface area (Å²) < 4.78 is 26.2. The van der Waals surface area contributed by atoms with Crippen LogP contribution < -0.4 is 10.1 Å². The fraction of sp³-hybridized carbons (Fsp3) is 0.214. The molecular formula is C28H27FN4O4S2. The van der Waals surface area contributed by atoms with E-state index in [0.29, 0.717) is 33.7 Å². The van der Waals surface area contributed by atoms with E-state index in [1.807, 2.05) is 36.6 Å². The lowest BCUT2D eigenvalue weighted by atomic mass is 10.0. The number of thioether (sulfide) groups is 1. The van der Waals surface area contributed by atoms with Crippen LogP contribution in [0.2, 0.25) is 0 Å². The highest BCUT2D eigenvalue weighted by Gasteiger charge is 2.23. The minimum absolute atomic E-state index is 0.0253. The minimum Gasteiger partial charge on any atom is -0.485 e. The molecule has 0 bridgehead atoms. The van der Waals surface area contributed by atoms with Gasteiger partial charge in [0.25, 0.3) is 0 Å². The van der Waals surface area contributed by atoms with Crippen molar-refractivity contribution in [2.24, 2.45) is 0 Å². The molecule has 0 saturated heterocycles. The van der Waals surface area contributed by atoms with E-state index in [2.05, 4.69) is 22.1 Å².